The highest BCUT2D eigenvalue weighted by Gasteiger charge is 2.35. The first kappa shape index (κ1) is 9.78. The van der Waals surface area contributed by atoms with Crippen molar-refractivity contribution in [1.29, 1.82) is 0 Å². The van der Waals surface area contributed by atoms with E-state index in [1.54, 1.807) is 11.0 Å². The van der Waals surface area contributed by atoms with Gasteiger partial charge in [-0.25, -0.2) is 4.39 Å². The first-order valence-electron chi connectivity index (χ1n) is 5.56. The molecule has 0 unspecified atom stereocenters. The summed E-state index contributed by atoms with van der Waals surface area (Å²) in [4.78, 5) is 13.8. The first-order chi connectivity index (χ1) is 7.77. The largest absolute Gasteiger partial charge is 0.330 e. The predicted octanol–water partition coefficient (Wildman–Crippen LogP) is 1.14. The molecule has 2 aliphatic rings. The molecule has 1 saturated heterocycles. The molecule has 0 spiro atoms. The van der Waals surface area contributed by atoms with E-state index in [2.05, 4.69) is 5.32 Å². The lowest BCUT2D eigenvalue weighted by Gasteiger charge is -2.22. The zero-order valence-corrected chi connectivity index (χ0v) is 8.87. The molecular weight excluding hydrogens is 207 g/mol. The van der Waals surface area contributed by atoms with Gasteiger partial charge in [0.2, 0.25) is 0 Å². The first-order valence-corrected chi connectivity index (χ1v) is 5.56. The molecule has 0 bridgehead atoms. The minimum atomic E-state index is -0.393. The number of carbonyl (C=O) groups excluding carboxylic acids is 1. The molecule has 1 N–H and O–H groups in total. The molecule has 1 fully saturated rings. The third-order valence-corrected chi connectivity index (χ3v) is 3.39. The van der Waals surface area contributed by atoms with Crippen molar-refractivity contribution in [2.45, 2.75) is 19.0 Å². The van der Waals surface area contributed by atoms with Gasteiger partial charge < -0.3 is 10.2 Å². The Morgan fingerprint density at radius 1 is 1.44 bits per heavy atom. The summed E-state index contributed by atoms with van der Waals surface area (Å²) in [7, 11) is 0. The third-order valence-electron chi connectivity index (χ3n) is 3.39. The summed E-state index contributed by atoms with van der Waals surface area (Å²) in [6, 6.07) is 5.07. The van der Waals surface area contributed by atoms with Crippen molar-refractivity contribution in [2.24, 2.45) is 0 Å². The number of halogens is 1. The number of hydrogen-bond acceptors (Lipinski definition) is 2. The van der Waals surface area contributed by atoms with Crippen LogP contribution in [0.1, 0.15) is 22.3 Å². The van der Waals surface area contributed by atoms with E-state index in [1.807, 2.05) is 6.07 Å². The highest BCUT2D eigenvalue weighted by atomic mass is 19.1. The Hall–Kier alpha value is -1.42. The summed E-state index contributed by atoms with van der Waals surface area (Å²) in [5.74, 6) is -0.544. The van der Waals surface area contributed by atoms with Crippen molar-refractivity contribution >= 4 is 5.91 Å². The lowest BCUT2D eigenvalue weighted by atomic mass is 10.1. The smallest absolute Gasteiger partial charge is 0.257 e. The van der Waals surface area contributed by atoms with Gasteiger partial charge in [0.15, 0.2) is 0 Å². The van der Waals surface area contributed by atoms with Crippen LogP contribution in [0.3, 0.4) is 0 Å². The molecule has 3 nitrogen and oxygen atoms in total. The quantitative estimate of drug-likeness (QED) is 0.769. The van der Waals surface area contributed by atoms with Gasteiger partial charge in [-0.3, -0.25) is 4.79 Å². The minimum absolute atomic E-state index is 0.151. The summed E-state index contributed by atoms with van der Waals surface area (Å²) in [5.41, 5.74) is 1.09. The lowest BCUT2D eigenvalue weighted by Crippen LogP contribution is -2.37. The molecule has 1 aromatic carbocycles. The van der Waals surface area contributed by atoms with E-state index in [9.17, 15) is 9.18 Å². The maximum absolute atomic E-state index is 13.5. The molecule has 84 valence electrons. The number of hydrogen-bond donors (Lipinski definition) is 1. The molecule has 16 heavy (non-hydrogen) atoms. The maximum atomic E-state index is 13.5. The van der Waals surface area contributed by atoms with Gasteiger partial charge in [-0.05, 0) is 24.6 Å². The number of nitrogens with one attached hydrogen (secondary N) is 1. The molecule has 1 amide bonds. The molecule has 2 heterocycles. The lowest BCUT2D eigenvalue weighted by molar-refractivity contribution is 0.0714. The average molecular weight is 220 g/mol. The van der Waals surface area contributed by atoms with Crippen LogP contribution in [-0.4, -0.2) is 29.9 Å². The predicted molar refractivity (Wildman–Crippen MR) is 57.5 cm³/mol. The molecule has 0 saturated carbocycles. The Kier molecular flexibility index (Phi) is 2.17. The molecule has 1 aromatic rings. The van der Waals surface area contributed by atoms with Gasteiger partial charge in [0.05, 0.1) is 5.56 Å². The van der Waals surface area contributed by atoms with Crippen molar-refractivity contribution in [3.8, 4) is 0 Å². The van der Waals surface area contributed by atoms with Crippen LogP contribution in [0.4, 0.5) is 4.39 Å². The van der Waals surface area contributed by atoms with Gasteiger partial charge in [-0.15, -0.1) is 0 Å². The zero-order chi connectivity index (χ0) is 11.1. The highest BCUT2D eigenvalue weighted by Crippen LogP contribution is 2.28. The SMILES string of the molecule is O=C1c2c(F)cccc2CN1[C@@H]1CCNC1. The van der Waals surface area contributed by atoms with E-state index in [0.717, 1.165) is 25.1 Å². The topological polar surface area (TPSA) is 32.3 Å². The number of carbonyl (C=O) groups is 1. The van der Waals surface area contributed by atoms with Crippen LogP contribution in [0.5, 0.6) is 0 Å². The van der Waals surface area contributed by atoms with Crippen molar-refractivity contribution < 1.29 is 9.18 Å². The van der Waals surface area contributed by atoms with Gasteiger partial charge >= 0.3 is 0 Å². The second-order valence-electron chi connectivity index (χ2n) is 4.35. The van der Waals surface area contributed by atoms with E-state index in [0.29, 0.717) is 6.54 Å². The molecule has 0 radical (unpaired) electrons. The molecular formula is C12H13FN2O. The molecule has 1 atom stereocenters. The monoisotopic (exact) mass is 220 g/mol. The fourth-order valence-electron chi connectivity index (χ4n) is 2.54. The standard InChI is InChI=1S/C12H13FN2O/c13-10-3-1-2-8-7-15(12(16)11(8)10)9-4-5-14-6-9/h1-3,9,14H,4-7H2/t9-/m1/s1. The highest BCUT2D eigenvalue weighted by molar-refractivity contribution is 5.98. The normalized spacial score (nSPS) is 23.9. The van der Waals surface area contributed by atoms with Crippen LogP contribution < -0.4 is 5.32 Å². The van der Waals surface area contributed by atoms with Crippen LogP contribution in [0.15, 0.2) is 18.2 Å². The summed E-state index contributed by atoms with van der Waals surface area (Å²) in [6.45, 7) is 2.31. The van der Waals surface area contributed by atoms with E-state index >= 15 is 0 Å². The molecule has 4 heteroatoms. The number of nitrogens with zero attached hydrogens (tertiary/aromatic N) is 1. The Bertz CT molecular complexity index is 441. The number of rotatable bonds is 1. The zero-order valence-electron chi connectivity index (χ0n) is 8.87. The van der Waals surface area contributed by atoms with E-state index in [4.69, 9.17) is 0 Å². The molecule has 3 rings (SSSR count). The van der Waals surface area contributed by atoms with Gasteiger partial charge in [0.25, 0.3) is 5.91 Å². The van der Waals surface area contributed by atoms with Gasteiger partial charge in [-0.2, -0.15) is 0 Å². The van der Waals surface area contributed by atoms with E-state index in [-0.39, 0.29) is 17.5 Å². The Morgan fingerprint density at radius 2 is 2.31 bits per heavy atom. The molecule has 2 aliphatic heterocycles. The van der Waals surface area contributed by atoms with E-state index in [1.165, 1.54) is 6.07 Å². The molecule has 0 aromatic heterocycles. The summed E-state index contributed by atoms with van der Waals surface area (Å²) in [6.07, 6.45) is 0.960. The van der Waals surface area contributed by atoms with Crippen LogP contribution in [0, 0.1) is 5.82 Å². The fraction of sp³-hybridized carbons (Fsp3) is 0.417. The van der Waals surface area contributed by atoms with Crippen molar-refractivity contribution in [3.63, 3.8) is 0 Å². The molecule has 0 aliphatic carbocycles. The van der Waals surface area contributed by atoms with Crippen LogP contribution in [0.2, 0.25) is 0 Å². The number of fused-ring (bicyclic) bond motifs is 1. The van der Waals surface area contributed by atoms with Crippen LogP contribution in [-0.2, 0) is 6.54 Å². The van der Waals surface area contributed by atoms with Gasteiger partial charge in [0.1, 0.15) is 5.82 Å². The minimum Gasteiger partial charge on any atom is -0.330 e. The Balaban J connectivity index is 1.94. The maximum Gasteiger partial charge on any atom is 0.257 e. The number of amides is 1. The Morgan fingerprint density at radius 3 is 3.00 bits per heavy atom. The van der Waals surface area contributed by atoms with Crippen LogP contribution >= 0.6 is 0 Å². The van der Waals surface area contributed by atoms with Gasteiger partial charge in [0, 0.05) is 19.1 Å². The van der Waals surface area contributed by atoms with Gasteiger partial charge in [-0.1, -0.05) is 12.1 Å². The van der Waals surface area contributed by atoms with E-state index < -0.39 is 5.82 Å². The van der Waals surface area contributed by atoms with Crippen molar-refractivity contribution in [3.05, 3.63) is 35.1 Å². The summed E-state index contributed by atoms with van der Waals surface area (Å²) < 4.78 is 13.5. The third kappa shape index (κ3) is 1.33. The second kappa shape index (κ2) is 3.56. The number of benzene rings is 1. The van der Waals surface area contributed by atoms with Crippen molar-refractivity contribution in [1.82, 2.24) is 10.2 Å². The second-order valence-corrected chi connectivity index (χ2v) is 4.35. The Labute approximate surface area is 93.2 Å². The van der Waals surface area contributed by atoms with Crippen molar-refractivity contribution in [2.75, 3.05) is 13.1 Å². The van der Waals surface area contributed by atoms with Crippen LogP contribution in [0.25, 0.3) is 0 Å². The summed E-state index contributed by atoms with van der Waals surface area (Å²) >= 11 is 0. The summed E-state index contributed by atoms with van der Waals surface area (Å²) in [5, 5.41) is 3.22. The average Bonchev–Trinajstić information content (AvgIpc) is 2.86. The fourth-order valence-corrected chi connectivity index (χ4v) is 2.54.